The highest BCUT2D eigenvalue weighted by molar-refractivity contribution is 5.68. The van der Waals surface area contributed by atoms with Crippen LogP contribution in [0, 0.1) is 5.41 Å². The predicted molar refractivity (Wildman–Crippen MR) is 97.4 cm³/mol. The number of nitrogens with zero attached hydrogens (tertiary/aromatic N) is 3. The third kappa shape index (κ3) is 5.69. The summed E-state index contributed by atoms with van der Waals surface area (Å²) in [5.74, 6) is 0.983. The van der Waals surface area contributed by atoms with Crippen LogP contribution in [0.3, 0.4) is 0 Å². The van der Waals surface area contributed by atoms with Crippen LogP contribution < -0.4 is 4.90 Å². The molecule has 1 amide bonds. The molecule has 24 heavy (non-hydrogen) atoms. The van der Waals surface area contributed by atoms with Crippen LogP contribution in [0.2, 0.25) is 0 Å². The fourth-order valence-corrected chi connectivity index (χ4v) is 2.77. The first kappa shape index (κ1) is 18.6. The Bertz CT molecular complexity index is 547. The molecule has 134 valence electrons. The number of pyridine rings is 1. The molecule has 0 radical (unpaired) electrons. The molecule has 0 atom stereocenters. The summed E-state index contributed by atoms with van der Waals surface area (Å²) in [6.07, 6.45) is 2.77. The van der Waals surface area contributed by atoms with E-state index in [1.165, 1.54) is 5.56 Å². The zero-order valence-corrected chi connectivity index (χ0v) is 15.9. The monoisotopic (exact) mass is 333 g/mol. The average molecular weight is 333 g/mol. The summed E-state index contributed by atoms with van der Waals surface area (Å²) in [4.78, 5) is 20.7. The first-order valence-corrected chi connectivity index (χ1v) is 8.71. The quantitative estimate of drug-likeness (QED) is 0.827. The molecule has 1 saturated heterocycles. The van der Waals surface area contributed by atoms with E-state index in [2.05, 4.69) is 42.8 Å². The minimum atomic E-state index is -0.446. The van der Waals surface area contributed by atoms with Crippen molar-refractivity contribution in [2.75, 3.05) is 31.1 Å². The fourth-order valence-electron chi connectivity index (χ4n) is 2.77. The normalized spacial score (nSPS) is 16.2. The topological polar surface area (TPSA) is 45.7 Å². The predicted octanol–water partition coefficient (Wildman–Crippen LogP) is 3.73. The van der Waals surface area contributed by atoms with Crippen molar-refractivity contribution in [1.29, 1.82) is 0 Å². The average Bonchev–Trinajstić information content (AvgIpc) is 2.45. The van der Waals surface area contributed by atoms with Gasteiger partial charge in [0.15, 0.2) is 0 Å². The maximum absolute atomic E-state index is 12.1. The van der Waals surface area contributed by atoms with Gasteiger partial charge in [0.1, 0.15) is 11.4 Å². The summed E-state index contributed by atoms with van der Waals surface area (Å²) < 4.78 is 5.43. The summed E-state index contributed by atoms with van der Waals surface area (Å²) in [6, 6.07) is 4.25. The van der Waals surface area contributed by atoms with Gasteiger partial charge in [-0.1, -0.05) is 26.8 Å². The van der Waals surface area contributed by atoms with E-state index < -0.39 is 5.60 Å². The zero-order chi connectivity index (χ0) is 18.0. The Labute approximate surface area is 146 Å². The van der Waals surface area contributed by atoms with Crippen LogP contribution in [-0.2, 0) is 11.2 Å². The number of anilines is 1. The second-order valence-corrected chi connectivity index (χ2v) is 8.72. The summed E-state index contributed by atoms with van der Waals surface area (Å²) in [5, 5.41) is 0. The number of carbonyl (C=O) groups excluding carboxylic acids is 1. The molecule has 1 aromatic heterocycles. The maximum atomic E-state index is 12.1. The molecule has 2 rings (SSSR count). The highest BCUT2D eigenvalue weighted by atomic mass is 16.6. The molecule has 0 saturated carbocycles. The molecular weight excluding hydrogens is 302 g/mol. The molecule has 0 bridgehead atoms. The van der Waals surface area contributed by atoms with Crippen molar-refractivity contribution in [2.24, 2.45) is 5.41 Å². The molecule has 1 aromatic rings. The first-order chi connectivity index (χ1) is 11.0. The lowest BCUT2D eigenvalue weighted by molar-refractivity contribution is 0.0240. The highest BCUT2D eigenvalue weighted by Gasteiger charge is 2.26. The van der Waals surface area contributed by atoms with Gasteiger partial charge < -0.3 is 14.5 Å². The van der Waals surface area contributed by atoms with Crippen molar-refractivity contribution in [3.05, 3.63) is 23.9 Å². The number of aromatic nitrogens is 1. The number of hydrogen-bond donors (Lipinski definition) is 0. The number of carbonyl (C=O) groups is 1. The van der Waals surface area contributed by atoms with Crippen LogP contribution in [0.5, 0.6) is 0 Å². The molecule has 0 aliphatic carbocycles. The summed E-state index contributed by atoms with van der Waals surface area (Å²) in [6.45, 7) is 15.3. The molecule has 0 unspecified atom stereocenters. The van der Waals surface area contributed by atoms with Crippen molar-refractivity contribution >= 4 is 11.9 Å². The van der Waals surface area contributed by atoms with E-state index in [1.807, 2.05) is 27.0 Å². The highest BCUT2D eigenvalue weighted by Crippen LogP contribution is 2.22. The Kier molecular flexibility index (Phi) is 5.41. The van der Waals surface area contributed by atoms with Crippen LogP contribution in [0.4, 0.5) is 10.6 Å². The smallest absolute Gasteiger partial charge is 0.410 e. The van der Waals surface area contributed by atoms with Crippen molar-refractivity contribution < 1.29 is 9.53 Å². The number of amides is 1. The largest absolute Gasteiger partial charge is 0.444 e. The lowest BCUT2D eigenvalue weighted by Crippen LogP contribution is -2.50. The molecule has 5 heteroatoms. The van der Waals surface area contributed by atoms with Gasteiger partial charge in [-0.05, 0) is 44.2 Å². The van der Waals surface area contributed by atoms with Crippen LogP contribution >= 0.6 is 0 Å². The van der Waals surface area contributed by atoms with Gasteiger partial charge in [0.2, 0.25) is 0 Å². The van der Waals surface area contributed by atoms with E-state index in [0.29, 0.717) is 13.1 Å². The Morgan fingerprint density at radius 1 is 1.08 bits per heavy atom. The molecule has 5 nitrogen and oxygen atoms in total. The third-order valence-electron chi connectivity index (χ3n) is 3.80. The van der Waals surface area contributed by atoms with Gasteiger partial charge in [0, 0.05) is 32.4 Å². The van der Waals surface area contributed by atoms with E-state index in [0.717, 1.165) is 25.3 Å². The van der Waals surface area contributed by atoms with Gasteiger partial charge in [-0.3, -0.25) is 0 Å². The second-order valence-electron chi connectivity index (χ2n) is 8.72. The standard InChI is InChI=1S/C19H31N3O2/c1-18(2,3)13-15-7-8-16(20-14-15)21-9-11-22(12-10-21)17(23)24-19(4,5)6/h7-8,14H,9-13H2,1-6H3. The lowest BCUT2D eigenvalue weighted by Gasteiger charge is -2.36. The molecule has 0 spiro atoms. The summed E-state index contributed by atoms with van der Waals surface area (Å²) in [5.41, 5.74) is 1.08. The van der Waals surface area contributed by atoms with Gasteiger partial charge in [-0.25, -0.2) is 9.78 Å². The Morgan fingerprint density at radius 3 is 2.17 bits per heavy atom. The first-order valence-electron chi connectivity index (χ1n) is 8.71. The lowest BCUT2D eigenvalue weighted by atomic mass is 9.89. The zero-order valence-electron chi connectivity index (χ0n) is 15.9. The van der Waals surface area contributed by atoms with Crippen LogP contribution in [0.25, 0.3) is 0 Å². The number of piperazine rings is 1. The molecule has 0 aromatic carbocycles. The van der Waals surface area contributed by atoms with E-state index >= 15 is 0 Å². The van der Waals surface area contributed by atoms with Gasteiger partial charge in [-0.15, -0.1) is 0 Å². The summed E-state index contributed by atoms with van der Waals surface area (Å²) >= 11 is 0. The molecule has 1 aliphatic rings. The third-order valence-corrected chi connectivity index (χ3v) is 3.80. The molecular formula is C19H31N3O2. The van der Waals surface area contributed by atoms with Gasteiger partial charge in [-0.2, -0.15) is 0 Å². The van der Waals surface area contributed by atoms with Crippen molar-refractivity contribution in [1.82, 2.24) is 9.88 Å². The maximum Gasteiger partial charge on any atom is 0.410 e. The molecule has 0 N–H and O–H groups in total. The van der Waals surface area contributed by atoms with E-state index in [-0.39, 0.29) is 11.5 Å². The minimum Gasteiger partial charge on any atom is -0.444 e. The van der Waals surface area contributed by atoms with Crippen molar-refractivity contribution in [2.45, 2.75) is 53.6 Å². The summed E-state index contributed by atoms with van der Waals surface area (Å²) in [7, 11) is 0. The van der Waals surface area contributed by atoms with Gasteiger partial charge in [0.25, 0.3) is 0 Å². The Hall–Kier alpha value is -1.78. The van der Waals surface area contributed by atoms with Crippen LogP contribution in [-0.4, -0.2) is 47.8 Å². The van der Waals surface area contributed by atoms with Crippen LogP contribution in [0.15, 0.2) is 18.3 Å². The number of ether oxygens (including phenoxy) is 1. The second kappa shape index (κ2) is 6.99. The molecule has 2 heterocycles. The Morgan fingerprint density at radius 2 is 1.71 bits per heavy atom. The molecule has 1 fully saturated rings. The Balaban J connectivity index is 1.89. The number of hydrogen-bond acceptors (Lipinski definition) is 4. The van der Waals surface area contributed by atoms with Crippen molar-refractivity contribution in [3.63, 3.8) is 0 Å². The van der Waals surface area contributed by atoms with Gasteiger partial charge >= 0.3 is 6.09 Å². The van der Waals surface area contributed by atoms with Crippen LogP contribution in [0.1, 0.15) is 47.1 Å². The van der Waals surface area contributed by atoms with E-state index in [1.54, 1.807) is 4.90 Å². The van der Waals surface area contributed by atoms with E-state index in [9.17, 15) is 4.79 Å². The molecule has 1 aliphatic heterocycles. The van der Waals surface area contributed by atoms with E-state index in [4.69, 9.17) is 4.74 Å². The fraction of sp³-hybridized carbons (Fsp3) is 0.684. The minimum absolute atomic E-state index is 0.226. The number of rotatable bonds is 2. The van der Waals surface area contributed by atoms with Gasteiger partial charge in [0.05, 0.1) is 0 Å². The van der Waals surface area contributed by atoms with Crippen molar-refractivity contribution in [3.8, 4) is 0 Å². The SMILES string of the molecule is CC(C)(C)Cc1ccc(N2CCN(C(=O)OC(C)(C)C)CC2)nc1.